The van der Waals surface area contributed by atoms with Crippen LogP contribution < -0.4 is 5.32 Å². The number of nitrogens with one attached hydrogen (secondary N) is 1. The topological polar surface area (TPSA) is 47.6 Å². The number of hydrogen-bond acceptors (Lipinski definition) is 3. The van der Waals surface area contributed by atoms with E-state index in [0.717, 1.165) is 31.4 Å². The number of amides is 1. The zero-order valence-electron chi connectivity index (χ0n) is 13.9. The van der Waals surface area contributed by atoms with E-state index in [4.69, 9.17) is 9.47 Å². The Morgan fingerprint density at radius 3 is 2.74 bits per heavy atom. The fourth-order valence-corrected chi connectivity index (χ4v) is 4.37. The quantitative estimate of drug-likeness (QED) is 0.906. The molecule has 1 amide bonds. The van der Waals surface area contributed by atoms with Gasteiger partial charge in [0.15, 0.2) is 0 Å². The fraction of sp³-hybridized carbons (Fsp3) is 0.632. The molecule has 0 unspecified atom stereocenters. The van der Waals surface area contributed by atoms with Crippen LogP contribution in [0.1, 0.15) is 30.4 Å². The van der Waals surface area contributed by atoms with Crippen LogP contribution in [0.25, 0.3) is 0 Å². The normalized spacial score (nSPS) is 33.7. The third kappa shape index (κ3) is 2.39. The third-order valence-electron chi connectivity index (χ3n) is 5.97. The Hall–Kier alpha value is -1.39. The minimum atomic E-state index is -0.296. The minimum Gasteiger partial charge on any atom is -0.384 e. The lowest BCUT2D eigenvalue weighted by Gasteiger charge is -2.48. The van der Waals surface area contributed by atoms with E-state index in [1.54, 1.807) is 7.11 Å². The van der Waals surface area contributed by atoms with Crippen LogP contribution in [-0.2, 0) is 19.7 Å². The Bertz CT molecular complexity index is 593. The van der Waals surface area contributed by atoms with Crippen molar-refractivity contribution in [3.05, 3.63) is 35.4 Å². The lowest BCUT2D eigenvalue weighted by atomic mass is 9.67. The van der Waals surface area contributed by atoms with E-state index in [9.17, 15) is 4.79 Å². The van der Waals surface area contributed by atoms with Gasteiger partial charge in [-0.2, -0.15) is 0 Å². The number of benzene rings is 1. The molecule has 1 saturated heterocycles. The zero-order valence-corrected chi connectivity index (χ0v) is 13.9. The summed E-state index contributed by atoms with van der Waals surface area (Å²) in [5.41, 5.74) is 2.09. The van der Waals surface area contributed by atoms with Gasteiger partial charge in [0, 0.05) is 31.6 Å². The molecule has 1 aromatic rings. The molecule has 0 spiro atoms. The lowest BCUT2D eigenvalue weighted by Crippen LogP contribution is -2.63. The van der Waals surface area contributed by atoms with Gasteiger partial charge in [0.2, 0.25) is 5.91 Å². The molecule has 3 fully saturated rings. The van der Waals surface area contributed by atoms with E-state index < -0.39 is 0 Å². The summed E-state index contributed by atoms with van der Waals surface area (Å²) >= 11 is 0. The summed E-state index contributed by atoms with van der Waals surface area (Å²) in [6.45, 7) is 3.54. The largest absolute Gasteiger partial charge is 0.384 e. The van der Waals surface area contributed by atoms with Gasteiger partial charge in [-0.05, 0) is 31.7 Å². The molecule has 1 heterocycles. The van der Waals surface area contributed by atoms with Crippen LogP contribution in [0.15, 0.2) is 24.3 Å². The molecule has 4 heteroatoms. The van der Waals surface area contributed by atoms with E-state index in [-0.39, 0.29) is 23.5 Å². The van der Waals surface area contributed by atoms with Crippen LogP contribution >= 0.6 is 0 Å². The number of carbonyl (C=O) groups excluding carboxylic acids is 1. The number of aryl methyl sites for hydroxylation is 1. The first-order valence-corrected chi connectivity index (χ1v) is 8.64. The van der Waals surface area contributed by atoms with Crippen molar-refractivity contribution in [1.82, 2.24) is 5.32 Å². The SMILES string of the molecule is COC[C@@H]1[C@H](NC(=O)C2(c3ccc(C)cc3)CC2)[C@@H]2CCO[C@H]12. The summed E-state index contributed by atoms with van der Waals surface area (Å²) in [6, 6.07) is 8.62. The molecule has 0 bridgehead atoms. The lowest BCUT2D eigenvalue weighted by molar-refractivity contribution is -0.132. The second kappa shape index (κ2) is 5.60. The van der Waals surface area contributed by atoms with Gasteiger partial charge in [-0.15, -0.1) is 0 Å². The van der Waals surface area contributed by atoms with E-state index >= 15 is 0 Å². The molecule has 4 nitrogen and oxygen atoms in total. The van der Waals surface area contributed by atoms with E-state index in [0.29, 0.717) is 18.4 Å². The Morgan fingerprint density at radius 1 is 1.35 bits per heavy atom. The van der Waals surface area contributed by atoms with Crippen molar-refractivity contribution in [2.75, 3.05) is 20.3 Å². The fourth-order valence-electron chi connectivity index (χ4n) is 4.37. The van der Waals surface area contributed by atoms with Gasteiger partial charge in [-0.25, -0.2) is 0 Å². The maximum atomic E-state index is 13.0. The molecular formula is C19H25NO3. The number of hydrogen-bond donors (Lipinski definition) is 1. The molecular weight excluding hydrogens is 290 g/mol. The van der Waals surface area contributed by atoms with Crippen molar-refractivity contribution in [3.8, 4) is 0 Å². The van der Waals surface area contributed by atoms with Crippen LogP contribution in [0.4, 0.5) is 0 Å². The summed E-state index contributed by atoms with van der Waals surface area (Å²) in [7, 11) is 1.72. The molecule has 0 aromatic heterocycles. The van der Waals surface area contributed by atoms with Gasteiger partial charge in [0.05, 0.1) is 18.1 Å². The van der Waals surface area contributed by atoms with E-state index in [2.05, 4.69) is 36.5 Å². The number of carbonyl (C=O) groups is 1. The van der Waals surface area contributed by atoms with Gasteiger partial charge in [-0.3, -0.25) is 4.79 Å². The first kappa shape index (κ1) is 15.2. The Morgan fingerprint density at radius 2 is 2.09 bits per heavy atom. The highest BCUT2D eigenvalue weighted by Crippen LogP contribution is 2.50. The third-order valence-corrected chi connectivity index (χ3v) is 5.97. The Labute approximate surface area is 137 Å². The van der Waals surface area contributed by atoms with Crippen molar-refractivity contribution in [3.63, 3.8) is 0 Å². The van der Waals surface area contributed by atoms with Gasteiger partial charge in [0.25, 0.3) is 0 Å². The highest BCUT2D eigenvalue weighted by molar-refractivity contribution is 5.91. The van der Waals surface area contributed by atoms with Crippen LogP contribution in [0.5, 0.6) is 0 Å². The Balaban J connectivity index is 1.48. The first-order valence-electron chi connectivity index (χ1n) is 8.64. The molecule has 124 valence electrons. The molecule has 1 N–H and O–H groups in total. The molecule has 4 rings (SSSR count). The van der Waals surface area contributed by atoms with Crippen molar-refractivity contribution in [1.29, 1.82) is 0 Å². The molecule has 23 heavy (non-hydrogen) atoms. The highest BCUT2D eigenvalue weighted by atomic mass is 16.5. The summed E-state index contributed by atoms with van der Waals surface area (Å²) in [4.78, 5) is 13.0. The van der Waals surface area contributed by atoms with Gasteiger partial charge < -0.3 is 14.8 Å². The average Bonchev–Trinajstić information content (AvgIpc) is 3.25. The van der Waals surface area contributed by atoms with Crippen molar-refractivity contribution in [2.24, 2.45) is 11.8 Å². The smallest absolute Gasteiger partial charge is 0.230 e. The molecule has 1 aromatic carbocycles. The monoisotopic (exact) mass is 315 g/mol. The second-order valence-corrected chi connectivity index (χ2v) is 7.35. The molecule has 0 radical (unpaired) electrons. The van der Waals surface area contributed by atoms with Gasteiger partial charge in [0.1, 0.15) is 0 Å². The molecule has 2 saturated carbocycles. The van der Waals surface area contributed by atoms with Crippen LogP contribution in [0.2, 0.25) is 0 Å². The first-order chi connectivity index (χ1) is 11.2. The van der Waals surface area contributed by atoms with Crippen LogP contribution in [0, 0.1) is 18.8 Å². The summed E-state index contributed by atoms with van der Waals surface area (Å²) in [5, 5.41) is 3.34. The van der Waals surface area contributed by atoms with Crippen molar-refractivity contribution < 1.29 is 14.3 Å². The second-order valence-electron chi connectivity index (χ2n) is 7.35. The maximum Gasteiger partial charge on any atom is 0.230 e. The number of rotatable bonds is 5. The molecule has 3 aliphatic rings. The molecule has 2 aliphatic carbocycles. The standard InChI is InChI=1S/C19H25NO3/c1-12-3-5-13(6-4-12)19(8-9-19)18(21)20-16-14-7-10-23-17(14)15(16)11-22-2/h3-6,14-17H,7-11H2,1-2H3,(H,20,21)/t14-,15+,16+,17-/m0/s1. The van der Waals surface area contributed by atoms with E-state index in [1.807, 2.05) is 0 Å². The number of ether oxygens (including phenoxy) is 2. The summed E-state index contributed by atoms with van der Waals surface area (Å²) in [6.07, 6.45) is 3.23. The van der Waals surface area contributed by atoms with Crippen molar-refractivity contribution >= 4 is 5.91 Å². The predicted molar refractivity (Wildman–Crippen MR) is 87.2 cm³/mol. The van der Waals surface area contributed by atoms with Crippen molar-refractivity contribution in [2.45, 2.75) is 43.7 Å². The summed E-state index contributed by atoms with van der Waals surface area (Å²) in [5.74, 6) is 0.955. The van der Waals surface area contributed by atoms with Crippen LogP contribution in [-0.4, -0.2) is 38.4 Å². The number of methoxy groups -OCH3 is 1. The minimum absolute atomic E-state index is 0.192. The Kier molecular flexibility index (Phi) is 3.69. The average molecular weight is 315 g/mol. The molecule has 4 atom stereocenters. The van der Waals surface area contributed by atoms with E-state index in [1.165, 1.54) is 5.56 Å². The molecule has 1 aliphatic heterocycles. The predicted octanol–water partition coefficient (Wildman–Crippen LogP) is 2.19. The zero-order chi connectivity index (χ0) is 16.0. The highest BCUT2D eigenvalue weighted by Gasteiger charge is 2.57. The number of fused-ring (bicyclic) bond motifs is 1. The summed E-state index contributed by atoms with van der Waals surface area (Å²) < 4.78 is 11.1. The van der Waals surface area contributed by atoms with Crippen LogP contribution in [0.3, 0.4) is 0 Å². The maximum absolute atomic E-state index is 13.0. The van der Waals surface area contributed by atoms with Gasteiger partial charge >= 0.3 is 0 Å². The van der Waals surface area contributed by atoms with Gasteiger partial charge in [-0.1, -0.05) is 29.8 Å².